The number of carbonyl (C=O) groups is 1. The second-order valence-corrected chi connectivity index (χ2v) is 6.24. The van der Waals surface area contributed by atoms with Crippen LogP contribution in [0.25, 0.3) is 10.9 Å². The minimum atomic E-state index is -0.302. The van der Waals surface area contributed by atoms with E-state index in [4.69, 9.17) is 0 Å². The minimum Gasteiger partial charge on any atom is -0.493 e. The van der Waals surface area contributed by atoms with Crippen molar-refractivity contribution in [1.29, 1.82) is 0 Å². The van der Waals surface area contributed by atoms with Crippen molar-refractivity contribution in [2.45, 2.75) is 19.8 Å². The molecule has 0 aliphatic carbocycles. The topological polar surface area (TPSA) is 79.0 Å². The summed E-state index contributed by atoms with van der Waals surface area (Å²) in [6.45, 7) is 2.72. The molecule has 0 unspecified atom stereocenters. The molecule has 3 aromatic rings. The second-order valence-electron chi connectivity index (χ2n) is 6.24. The number of azo groups is 1. The normalized spacial score (nSPS) is 11.3. The van der Waals surface area contributed by atoms with E-state index >= 15 is 0 Å². The van der Waals surface area contributed by atoms with Crippen molar-refractivity contribution < 1.29 is 9.90 Å². The van der Waals surface area contributed by atoms with E-state index in [1.165, 1.54) is 5.56 Å². The first-order chi connectivity index (χ1) is 12.6. The van der Waals surface area contributed by atoms with Gasteiger partial charge in [-0.05, 0) is 37.1 Å². The smallest absolute Gasteiger partial charge is 0.264 e. The lowest BCUT2D eigenvalue weighted by molar-refractivity contribution is -0.118. The molecule has 6 heteroatoms. The summed E-state index contributed by atoms with van der Waals surface area (Å²) in [5.41, 5.74) is 3.40. The van der Waals surface area contributed by atoms with Crippen LogP contribution < -0.4 is 5.32 Å². The van der Waals surface area contributed by atoms with Crippen molar-refractivity contribution in [3.63, 3.8) is 0 Å². The van der Waals surface area contributed by atoms with Gasteiger partial charge in [0.2, 0.25) is 5.88 Å². The number of carbonyl (C=O) groups excluding carboxylic acids is 1. The molecular formula is C20H22N4O2. The highest BCUT2D eigenvalue weighted by molar-refractivity contribution is 5.95. The number of para-hydroxylation sites is 1. The Morgan fingerprint density at radius 3 is 2.81 bits per heavy atom. The Morgan fingerprint density at radius 1 is 1.19 bits per heavy atom. The standard InChI is InChI=1S/C20H22N4O2/c1-14-7-5-8-15(13-14)21-12-6-11-18(25)22-23-19-16-9-3-4-10-17(16)24(2)20(19)26/h3-5,7-10,13,21,26H,6,11-12H2,1-2H3. The van der Waals surface area contributed by atoms with Gasteiger partial charge in [-0.2, -0.15) is 0 Å². The van der Waals surface area contributed by atoms with Crippen molar-refractivity contribution >= 4 is 28.2 Å². The highest BCUT2D eigenvalue weighted by atomic mass is 16.3. The number of anilines is 1. The highest BCUT2D eigenvalue weighted by Crippen LogP contribution is 2.37. The van der Waals surface area contributed by atoms with Crippen LogP contribution in [0.5, 0.6) is 5.88 Å². The fraction of sp³-hybridized carbons (Fsp3) is 0.250. The van der Waals surface area contributed by atoms with Crippen LogP contribution in [0.4, 0.5) is 11.4 Å². The number of nitrogens with zero attached hydrogens (tertiary/aromatic N) is 3. The molecule has 134 valence electrons. The molecule has 0 aliphatic rings. The number of fused-ring (bicyclic) bond motifs is 1. The number of rotatable bonds is 6. The molecule has 1 amide bonds. The third kappa shape index (κ3) is 3.91. The van der Waals surface area contributed by atoms with E-state index in [1.807, 2.05) is 49.4 Å². The van der Waals surface area contributed by atoms with Gasteiger partial charge >= 0.3 is 0 Å². The predicted molar refractivity (Wildman–Crippen MR) is 103 cm³/mol. The molecule has 0 saturated carbocycles. The van der Waals surface area contributed by atoms with E-state index in [0.717, 1.165) is 16.6 Å². The molecule has 1 aromatic heterocycles. The minimum absolute atomic E-state index is 0.00358. The van der Waals surface area contributed by atoms with E-state index in [-0.39, 0.29) is 11.8 Å². The van der Waals surface area contributed by atoms with Crippen molar-refractivity contribution in [2.75, 3.05) is 11.9 Å². The summed E-state index contributed by atoms with van der Waals surface area (Å²) in [6.07, 6.45) is 0.959. The van der Waals surface area contributed by atoms with Gasteiger partial charge in [-0.3, -0.25) is 4.79 Å². The van der Waals surface area contributed by atoms with Gasteiger partial charge in [-0.15, -0.1) is 10.2 Å². The van der Waals surface area contributed by atoms with Gasteiger partial charge < -0.3 is 15.0 Å². The number of amides is 1. The van der Waals surface area contributed by atoms with Gasteiger partial charge in [0, 0.05) is 31.1 Å². The number of aryl methyl sites for hydroxylation is 2. The lowest BCUT2D eigenvalue weighted by atomic mass is 10.2. The highest BCUT2D eigenvalue weighted by Gasteiger charge is 2.13. The van der Waals surface area contributed by atoms with Crippen molar-refractivity contribution in [1.82, 2.24) is 4.57 Å². The Labute approximate surface area is 152 Å². The SMILES string of the molecule is Cc1cccc(NCCCC(=O)N=Nc2c(O)n(C)c3ccccc23)c1. The zero-order chi connectivity index (χ0) is 18.5. The maximum atomic E-state index is 12.0. The molecule has 6 nitrogen and oxygen atoms in total. The lowest BCUT2D eigenvalue weighted by Gasteiger charge is -2.05. The fourth-order valence-corrected chi connectivity index (χ4v) is 2.84. The summed E-state index contributed by atoms with van der Waals surface area (Å²) in [5, 5.41) is 22.0. The lowest BCUT2D eigenvalue weighted by Crippen LogP contribution is -2.04. The molecular weight excluding hydrogens is 328 g/mol. The summed E-state index contributed by atoms with van der Waals surface area (Å²) in [4.78, 5) is 12.0. The summed E-state index contributed by atoms with van der Waals surface area (Å²) >= 11 is 0. The van der Waals surface area contributed by atoms with E-state index in [1.54, 1.807) is 11.6 Å². The number of hydrogen-bond acceptors (Lipinski definition) is 4. The molecule has 0 bridgehead atoms. The van der Waals surface area contributed by atoms with Crippen molar-refractivity contribution in [2.24, 2.45) is 17.3 Å². The number of aromatic nitrogens is 1. The molecule has 0 atom stereocenters. The maximum Gasteiger partial charge on any atom is 0.264 e. The quantitative estimate of drug-likeness (QED) is 0.500. The molecule has 1 heterocycles. The zero-order valence-corrected chi connectivity index (χ0v) is 14.9. The number of hydrogen-bond donors (Lipinski definition) is 2. The molecule has 0 spiro atoms. The Kier molecular flexibility index (Phi) is 5.31. The first-order valence-corrected chi connectivity index (χ1v) is 8.58. The summed E-state index contributed by atoms with van der Waals surface area (Å²) < 4.78 is 1.62. The Bertz CT molecular complexity index is 960. The average molecular weight is 350 g/mol. The van der Waals surface area contributed by atoms with E-state index < -0.39 is 0 Å². The Balaban J connectivity index is 1.56. The molecule has 0 saturated heterocycles. The third-order valence-electron chi connectivity index (χ3n) is 4.23. The summed E-state index contributed by atoms with van der Waals surface area (Å²) in [6, 6.07) is 15.6. The van der Waals surface area contributed by atoms with Gasteiger partial charge in [0.15, 0.2) is 5.69 Å². The molecule has 0 aliphatic heterocycles. The summed E-state index contributed by atoms with van der Waals surface area (Å²) in [7, 11) is 1.75. The molecule has 2 aromatic carbocycles. The molecule has 3 rings (SSSR count). The van der Waals surface area contributed by atoms with E-state index in [2.05, 4.69) is 21.6 Å². The Hall–Kier alpha value is -3.15. The largest absolute Gasteiger partial charge is 0.493 e. The van der Waals surface area contributed by atoms with Crippen LogP contribution in [0.1, 0.15) is 18.4 Å². The molecule has 0 fully saturated rings. The molecule has 2 N–H and O–H groups in total. The zero-order valence-electron chi connectivity index (χ0n) is 14.9. The summed E-state index contributed by atoms with van der Waals surface area (Å²) in [5.74, 6) is -0.299. The first-order valence-electron chi connectivity index (χ1n) is 8.58. The van der Waals surface area contributed by atoms with Gasteiger partial charge in [0.1, 0.15) is 0 Å². The maximum absolute atomic E-state index is 12.0. The monoisotopic (exact) mass is 350 g/mol. The van der Waals surface area contributed by atoms with Gasteiger partial charge in [0.05, 0.1) is 5.52 Å². The third-order valence-corrected chi connectivity index (χ3v) is 4.23. The van der Waals surface area contributed by atoms with Gasteiger partial charge in [-0.1, -0.05) is 30.3 Å². The first kappa shape index (κ1) is 17.7. The van der Waals surface area contributed by atoms with Gasteiger partial charge in [-0.25, -0.2) is 0 Å². The van der Waals surface area contributed by atoms with Crippen LogP contribution in [-0.2, 0) is 11.8 Å². The fourth-order valence-electron chi connectivity index (χ4n) is 2.84. The van der Waals surface area contributed by atoms with Crippen LogP contribution in [0.2, 0.25) is 0 Å². The van der Waals surface area contributed by atoms with Crippen LogP contribution in [0, 0.1) is 6.92 Å². The number of aromatic hydroxyl groups is 1. The number of nitrogens with one attached hydrogen (secondary N) is 1. The van der Waals surface area contributed by atoms with Crippen LogP contribution in [0.15, 0.2) is 58.8 Å². The van der Waals surface area contributed by atoms with Crippen molar-refractivity contribution in [3.8, 4) is 5.88 Å². The Morgan fingerprint density at radius 2 is 2.00 bits per heavy atom. The second kappa shape index (κ2) is 7.82. The van der Waals surface area contributed by atoms with Crippen LogP contribution in [-0.4, -0.2) is 22.1 Å². The van der Waals surface area contributed by atoms with E-state index in [9.17, 15) is 9.90 Å². The van der Waals surface area contributed by atoms with Crippen LogP contribution in [0.3, 0.4) is 0 Å². The van der Waals surface area contributed by atoms with E-state index in [0.29, 0.717) is 25.1 Å². The predicted octanol–water partition coefficient (Wildman–Crippen LogP) is 4.69. The van der Waals surface area contributed by atoms with Crippen LogP contribution >= 0.6 is 0 Å². The van der Waals surface area contributed by atoms with Gasteiger partial charge in [0.25, 0.3) is 5.91 Å². The molecule has 0 radical (unpaired) electrons. The number of benzene rings is 2. The van der Waals surface area contributed by atoms with Crippen molar-refractivity contribution in [3.05, 3.63) is 54.1 Å². The average Bonchev–Trinajstić information content (AvgIpc) is 2.88. The molecule has 26 heavy (non-hydrogen) atoms.